The van der Waals surface area contributed by atoms with Gasteiger partial charge in [-0.25, -0.2) is 0 Å². The van der Waals surface area contributed by atoms with E-state index in [1.807, 2.05) is 30.0 Å². The van der Waals surface area contributed by atoms with Gasteiger partial charge < -0.3 is 20.1 Å². The van der Waals surface area contributed by atoms with Crippen LogP contribution in [0.15, 0.2) is 18.2 Å². The van der Waals surface area contributed by atoms with Crippen LogP contribution in [-0.4, -0.2) is 44.4 Å². The first-order valence-corrected chi connectivity index (χ1v) is 8.73. The first-order chi connectivity index (χ1) is 10.2. The van der Waals surface area contributed by atoms with Crippen LogP contribution in [0, 0.1) is 0 Å². The number of nitrogens with one attached hydrogen (secondary N) is 2. The summed E-state index contributed by atoms with van der Waals surface area (Å²) in [5.74, 6) is 2.66. The molecule has 2 N–H and O–H groups in total. The molecule has 0 fully saturated rings. The molecular weight excluding hydrogens is 304 g/mol. The maximum Gasteiger partial charge on any atom is 0.166 e. The molecule has 0 spiro atoms. The average Bonchev–Trinajstić information content (AvgIpc) is 2.51. The van der Waals surface area contributed by atoms with Crippen molar-refractivity contribution in [3.63, 3.8) is 0 Å². The minimum Gasteiger partial charge on any atom is -0.493 e. The van der Waals surface area contributed by atoms with Crippen molar-refractivity contribution >= 4 is 29.1 Å². The van der Waals surface area contributed by atoms with Crippen LogP contribution in [0.25, 0.3) is 0 Å². The lowest BCUT2D eigenvalue weighted by atomic mass is 10.1. The van der Waals surface area contributed by atoms with E-state index in [9.17, 15) is 0 Å². The Morgan fingerprint density at radius 1 is 1.14 bits per heavy atom. The third-order valence-corrected chi connectivity index (χ3v) is 3.94. The van der Waals surface area contributed by atoms with Crippen LogP contribution in [0.1, 0.15) is 12.0 Å². The normalized spacial score (nSPS) is 10.0. The molecule has 1 aromatic rings. The molecule has 6 heteroatoms. The molecule has 0 bridgehead atoms. The van der Waals surface area contributed by atoms with Crippen LogP contribution in [0.5, 0.6) is 11.5 Å². The van der Waals surface area contributed by atoms with Crippen LogP contribution in [0.3, 0.4) is 0 Å². The second-order valence-corrected chi connectivity index (χ2v) is 5.86. The fourth-order valence-corrected chi connectivity index (χ4v) is 2.47. The van der Waals surface area contributed by atoms with Gasteiger partial charge >= 0.3 is 0 Å². The Labute approximate surface area is 137 Å². The van der Waals surface area contributed by atoms with Gasteiger partial charge in [0.2, 0.25) is 0 Å². The van der Waals surface area contributed by atoms with E-state index in [1.165, 1.54) is 5.56 Å². The van der Waals surface area contributed by atoms with Crippen molar-refractivity contribution in [1.29, 1.82) is 0 Å². The molecule has 0 aliphatic heterocycles. The Morgan fingerprint density at radius 2 is 1.86 bits per heavy atom. The number of benzene rings is 1. The number of hydrogen-bond acceptors (Lipinski definition) is 4. The van der Waals surface area contributed by atoms with Gasteiger partial charge in [-0.2, -0.15) is 11.8 Å². The summed E-state index contributed by atoms with van der Waals surface area (Å²) in [6.07, 6.45) is 4.12. The van der Waals surface area contributed by atoms with Crippen molar-refractivity contribution in [2.24, 2.45) is 0 Å². The van der Waals surface area contributed by atoms with Crippen molar-refractivity contribution in [2.75, 3.05) is 39.3 Å². The Balaban J connectivity index is 2.30. The number of hydrogen-bond donors (Lipinski definition) is 2. The van der Waals surface area contributed by atoms with Crippen molar-refractivity contribution in [3.05, 3.63) is 23.8 Å². The summed E-state index contributed by atoms with van der Waals surface area (Å²) in [5, 5.41) is 7.14. The standard InChI is InChI=1S/C15H24N2O2S2/c1-18-13-6-5-12(11-14(13)19-2)7-9-17-15(20)16-8-4-10-21-3/h5-6,11H,4,7-10H2,1-3H3,(H2,16,17,20). The Kier molecular flexibility index (Phi) is 9.01. The molecular formula is C15H24N2O2S2. The van der Waals surface area contributed by atoms with E-state index in [0.717, 1.165) is 48.3 Å². The molecule has 0 heterocycles. The van der Waals surface area contributed by atoms with Gasteiger partial charge in [0.1, 0.15) is 0 Å². The monoisotopic (exact) mass is 328 g/mol. The lowest BCUT2D eigenvalue weighted by molar-refractivity contribution is 0.354. The first kappa shape index (κ1) is 17.9. The largest absolute Gasteiger partial charge is 0.493 e. The summed E-state index contributed by atoms with van der Waals surface area (Å²) in [7, 11) is 3.29. The number of thioether (sulfide) groups is 1. The summed E-state index contributed by atoms with van der Waals surface area (Å²) in [4.78, 5) is 0. The summed E-state index contributed by atoms with van der Waals surface area (Å²) < 4.78 is 10.5. The molecule has 0 radical (unpaired) electrons. The van der Waals surface area contributed by atoms with Gasteiger partial charge in [-0.05, 0) is 54.8 Å². The molecule has 4 nitrogen and oxygen atoms in total. The van der Waals surface area contributed by atoms with Gasteiger partial charge in [-0.15, -0.1) is 0 Å². The lowest BCUT2D eigenvalue weighted by Gasteiger charge is -2.12. The van der Waals surface area contributed by atoms with Crippen LogP contribution in [0.4, 0.5) is 0 Å². The van der Waals surface area contributed by atoms with Crippen molar-refractivity contribution in [1.82, 2.24) is 10.6 Å². The molecule has 1 aromatic carbocycles. The highest BCUT2D eigenvalue weighted by molar-refractivity contribution is 7.98. The fraction of sp³-hybridized carbons (Fsp3) is 0.533. The summed E-state index contributed by atoms with van der Waals surface area (Å²) in [6, 6.07) is 5.96. The molecule has 0 unspecified atom stereocenters. The first-order valence-electron chi connectivity index (χ1n) is 6.92. The molecule has 0 aliphatic carbocycles. The van der Waals surface area contributed by atoms with Crippen LogP contribution >= 0.6 is 24.0 Å². The zero-order valence-corrected chi connectivity index (χ0v) is 14.5. The molecule has 0 aliphatic rings. The molecule has 0 saturated carbocycles. The van der Waals surface area contributed by atoms with Crippen LogP contribution < -0.4 is 20.1 Å². The van der Waals surface area contributed by atoms with Gasteiger partial charge in [0.15, 0.2) is 16.6 Å². The van der Waals surface area contributed by atoms with Crippen LogP contribution in [-0.2, 0) is 6.42 Å². The van der Waals surface area contributed by atoms with Gasteiger partial charge in [0, 0.05) is 13.1 Å². The number of rotatable bonds is 9. The third-order valence-electron chi connectivity index (χ3n) is 2.96. The molecule has 21 heavy (non-hydrogen) atoms. The van der Waals surface area contributed by atoms with Crippen molar-refractivity contribution in [3.8, 4) is 11.5 Å². The number of methoxy groups -OCH3 is 2. The highest BCUT2D eigenvalue weighted by atomic mass is 32.2. The molecule has 0 saturated heterocycles. The summed E-state index contributed by atoms with van der Waals surface area (Å²) in [5.41, 5.74) is 1.19. The third kappa shape index (κ3) is 6.91. The van der Waals surface area contributed by atoms with E-state index in [-0.39, 0.29) is 0 Å². The minimum absolute atomic E-state index is 0.719. The van der Waals surface area contributed by atoms with Crippen molar-refractivity contribution in [2.45, 2.75) is 12.8 Å². The second-order valence-electron chi connectivity index (χ2n) is 4.47. The highest BCUT2D eigenvalue weighted by Crippen LogP contribution is 2.27. The summed E-state index contributed by atoms with van der Waals surface area (Å²) in [6.45, 7) is 1.72. The predicted molar refractivity (Wildman–Crippen MR) is 94.9 cm³/mol. The summed E-state index contributed by atoms with van der Waals surface area (Å²) >= 11 is 7.08. The zero-order valence-electron chi connectivity index (χ0n) is 12.9. The average molecular weight is 329 g/mol. The van der Waals surface area contributed by atoms with Gasteiger partial charge in [-0.3, -0.25) is 0 Å². The molecule has 1 rings (SSSR count). The van der Waals surface area contributed by atoms with E-state index in [1.54, 1.807) is 14.2 Å². The second kappa shape index (κ2) is 10.6. The van der Waals surface area contributed by atoms with Gasteiger partial charge in [0.05, 0.1) is 14.2 Å². The van der Waals surface area contributed by atoms with E-state index >= 15 is 0 Å². The van der Waals surface area contributed by atoms with Crippen molar-refractivity contribution < 1.29 is 9.47 Å². The SMILES string of the molecule is COc1ccc(CCNC(=S)NCCCSC)cc1OC. The molecule has 0 atom stereocenters. The Hall–Kier alpha value is -1.14. The topological polar surface area (TPSA) is 42.5 Å². The predicted octanol–water partition coefficient (Wildman–Crippen LogP) is 2.46. The highest BCUT2D eigenvalue weighted by Gasteiger charge is 2.04. The van der Waals surface area contributed by atoms with Crippen LogP contribution in [0.2, 0.25) is 0 Å². The maximum atomic E-state index is 5.29. The Bertz CT molecular complexity index is 442. The number of ether oxygens (including phenoxy) is 2. The number of thiocarbonyl (C=S) groups is 1. The molecule has 118 valence electrons. The van der Waals surface area contributed by atoms with E-state index in [0.29, 0.717) is 0 Å². The quantitative estimate of drug-likeness (QED) is 0.536. The van der Waals surface area contributed by atoms with E-state index < -0.39 is 0 Å². The van der Waals surface area contributed by atoms with Gasteiger partial charge in [-0.1, -0.05) is 6.07 Å². The molecule has 0 aromatic heterocycles. The maximum absolute atomic E-state index is 5.29. The minimum atomic E-state index is 0.719. The van der Waals surface area contributed by atoms with E-state index in [4.69, 9.17) is 21.7 Å². The molecule has 0 amide bonds. The smallest absolute Gasteiger partial charge is 0.166 e. The van der Waals surface area contributed by atoms with Gasteiger partial charge in [0.25, 0.3) is 0 Å². The Morgan fingerprint density at radius 3 is 2.52 bits per heavy atom. The lowest BCUT2D eigenvalue weighted by Crippen LogP contribution is -2.36. The van der Waals surface area contributed by atoms with E-state index in [2.05, 4.69) is 16.9 Å². The zero-order chi connectivity index (χ0) is 15.5. The fourth-order valence-electron chi connectivity index (χ4n) is 1.84.